The van der Waals surface area contributed by atoms with Crippen LogP contribution in [-0.4, -0.2) is 26.7 Å². The maximum atomic E-state index is 10.9. The van der Waals surface area contributed by atoms with Crippen molar-refractivity contribution in [3.8, 4) is 0 Å². The lowest BCUT2D eigenvalue weighted by molar-refractivity contribution is 0.918. The highest BCUT2D eigenvalue weighted by Gasteiger charge is 1.95. The van der Waals surface area contributed by atoms with Gasteiger partial charge in [-0.3, -0.25) is 4.79 Å². The number of anilines is 1. The molecule has 0 aliphatic rings. The van der Waals surface area contributed by atoms with Gasteiger partial charge >= 0.3 is 0 Å². The molecular weight excluding hydrogens is 194 g/mol. The summed E-state index contributed by atoms with van der Waals surface area (Å²) in [5.41, 5.74) is 0.503. The number of aromatic amines is 2. The van der Waals surface area contributed by atoms with Crippen LogP contribution in [0.5, 0.6) is 0 Å². The predicted octanol–water partition coefficient (Wildman–Crippen LogP) is 0.148. The molecule has 2 aromatic rings. The minimum absolute atomic E-state index is 0.210. The molecule has 0 fully saturated rings. The SMILES string of the molecule is O=c1cc(NCCc2ncc[nH]2)cn[nH]1. The van der Waals surface area contributed by atoms with Crippen LogP contribution in [0.25, 0.3) is 0 Å². The fourth-order valence-corrected chi connectivity index (χ4v) is 1.23. The summed E-state index contributed by atoms with van der Waals surface area (Å²) in [4.78, 5) is 18.0. The number of aromatic nitrogens is 4. The van der Waals surface area contributed by atoms with E-state index in [4.69, 9.17) is 0 Å². The molecule has 0 aliphatic carbocycles. The number of hydrogen-bond acceptors (Lipinski definition) is 4. The maximum absolute atomic E-state index is 10.9. The fourth-order valence-electron chi connectivity index (χ4n) is 1.23. The summed E-state index contributed by atoms with van der Waals surface area (Å²) in [7, 11) is 0. The van der Waals surface area contributed by atoms with Gasteiger partial charge in [-0.05, 0) is 0 Å². The molecule has 15 heavy (non-hydrogen) atoms. The molecule has 2 heterocycles. The summed E-state index contributed by atoms with van der Waals surface area (Å²) in [6.45, 7) is 0.707. The summed E-state index contributed by atoms with van der Waals surface area (Å²) < 4.78 is 0. The Balaban J connectivity index is 1.86. The van der Waals surface area contributed by atoms with Crippen molar-refractivity contribution in [1.82, 2.24) is 20.2 Å². The summed E-state index contributed by atoms with van der Waals surface area (Å²) >= 11 is 0. The first kappa shape index (κ1) is 9.45. The monoisotopic (exact) mass is 205 g/mol. The van der Waals surface area contributed by atoms with Crippen LogP contribution in [0, 0.1) is 0 Å². The van der Waals surface area contributed by atoms with Crippen LogP contribution in [0.4, 0.5) is 5.69 Å². The van der Waals surface area contributed by atoms with Gasteiger partial charge in [-0.15, -0.1) is 0 Å². The molecule has 0 bridgehead atoms. The van der Waals surface area contributed by atoms with Crippen LogP contribution in [0.1, 0.15) is 5.82 Å². The predicted molar refractivity (Wildman–Crippen MR) is 55.6 cm³/mol. The normalized spacial score (nSPS) is 10.1. The third-order valence-corrected chi connectivity index (χ3v) is 1.91. The van der Waals surface area contributed by atoms with Crippen LogP contribution < -0.4 is 10.9 Å². The molecule has 2 rings (SSSR count). The standard InChI is InChI=1S/C9H11N5O/c15-9-5-7(6-13-14-9)10-2-1-8-11-3-4-12-8/h3-6H,1-2H2,(H,11,12)(H2,10,14,15). The van der Waals surface area contributed by atoms with E-state index in [-0.39, 0.29) is 5.56 Å². The quantitative estimate of drug-likeness (QED) is 0.663. The number of H-pyrrole nitrogens is 2. The smallest absolute Gasteiger partial charge is 0.266 e. The summed E-state index contributed by atoms with van der Waals surface area (Å²) in [5, 5.41) is 9.07. The Kier molecular flexibility index (Phi) is 2.77. The molecule has 6 nitrogen and oxygen atoms in total. The second-order valence-electron chi connectivity index (χ2n) is 3.05. The van der Waals surface area contributed by atoms with Gasteiger partial charge in [0.25, 0.3) is 5.56 Å². The van der Waals surface area contributed by atoms with Crippen molar-refractivity contribution in [1.29, 1.82) is 0 Å². The van der Waals surface area contributed by atoms with Crippen molar-refractivity contribution >= 4 is 5.69 Å². The lowest BCUT2D eigenvalue weighted by Gasteiger charge is -2.02. The van der Waals surface area contributed by atoms with Crippen LogP contribution in [0.2, 0.25) is 0 Å². The first-order valence-electron chi connectivity index (χ1n) is 4.61. The number of nitrogens with zero attached hydrogens (tertiary/aromatic N) is 2. The van der Waals surface area contributed by atoms with Crippen LogP contribution >= 0.6 is 0 Å². The Morgan fingerprint density at radius 2 is 2.40 bits per heavy atom. The third kappa shape index (κ3) is 2.67. The summed E-state index contributed by atoms with van der Waals surface area (Å²) in [5.74, 6) is 0.917. The van der Waals surface area contributed by atoms with Gasteiger partial charge in [-0.1, -0.05) is 0 Å². The van der Waals surface area contributed by atoms with Crippen LogP contribution in [0.15, 0.2) is 29.5 Å². The maximum Gasteiger partial charge on any atom is 0.266 e. The molecule has 0 saturated carbocycles. The summed E-state index contributed by atoms with van der Waals surface area (Å²) in [6.07, 6.45) is 5.84. The Bertz CT molecular complexity index is 461. The van der Waals surface area contributed by atoms with Crippen molar-refractivity contribution < 1.29 is 0 Å². The molecule has 0 atom stereocenters. The van der Waals surface area contributed by atoms with Gasteiger partial charge in [0, 0.05) is 31.4 Å². The lowest BCUT2D eigenvalue weighted by atomic mass is 10.4. The van der Waals surface area contributed by atoms with Gasteiger partial charge < -0.3 is 10.3 Å². The number of nitrogens with one attached hydrogen (secondary N) is 3. The lowest BCUT2D eigenvalue weighted by Crippen LogP contribution is -2.11. The van der Waals surface area contributed by atoms with Crippen LogP contribution in [-0.2, 0) is 6.42 Å². The Labute approximate surface area is 85.8 Å². The number of rotatable bonds is 4. The van der Waals surface area contributed by atoms with E-state index in [9.17, 15) is 4.79 Å². The Morgan fingerprint density at radius 1 is 1.47 bits per heavy atom. The first-order valence-corrected chi connectivity index (χ1v) is 4.61. The highest BCUT2D eigenvalue weighted by atomic mass is 16.1. The van der Waals surface area contributed by atoms with Gasteiger partial charge in [0.2, 0.25) is 0 Å². The zero-order chi connectivity index (χ0) is 10.5. The zero-order valence-corrected chi connectivity index (χ0v) is 8.03. The largest absolute Gasteiger partial charge is 0.383 e. The van der Waals surface area contributed by atoms with E-state index in [0.717, 1.165) is 12.2 Å². The zero-order valence-electron chi connectivity index (χ0n) is 8.03. The van der Waals surface area contributed by atoms with E-state index in [1.807, 2.05) is 0 Å². The Morgan fingerprint density at radius 3 is 3.13 bits per heavy atom. The fraction of sp³-hybridized carbons (Fsp3) is 0.222. The van der Waals surface area contributed by atoms with E-state index in [1.54, 1.807) is 18.6 Å². The molecule has 6 heteroatoms. The topological polar surface area (TPSA) is 86.5 Å². The molecule has 78 valence electrons. The second-order valence-corrected chi connectivity index (χ2v) is 3.05. The van der Waals surface area contributed by atoms with Crippen molar-refractivity contribution in [3.63, 3.8) is 0 Å². The van der Waals surface area contributed by atoms with Gasteiger partial charge in [-0.2, -0.15) is 5.10 Å². The molecule has 0 amide bonds. The molecule has 0 radical (unpaired) electrons. The minimum atomic E-state index is -0.210. The van der Waals surface area contributed by atoms with E-state index >= 15 is 0 Å². The van der Waals surface area contributed by atoms with Gasteiger partial charge in [-0.25, -0.2) is 10.1 Å². The first-order chi connectivity index (χ1) is 7.34. The van der Waals surface area contributed by atoms with E-state index in [0.29, 0.717) is 12.2 Å². The highest BCUT2D eigenvalue weighted by molar-refractivity contribution is 5.38. The second kappa shape index (κ2) is 4.41. The number of hydrogen-bond donors (Lipinski definition) is 3. The van der Waals surface area contributed by atoms with Gasteiger partial charge in [0.1, 0.15) is 5.82 Å². The van der Waals surface area contributed by atoms with E-state index in [1.165, 1.54) is 6.07 Å². The molecule has 0 aliphatic heterocycles. The van der Waals surface area contributed by atoms with Crippen molar-refractivity contribution in [2.24, 2.45) is 0 Å². The van der Waals surface area contributed by atoms with Crippen molar-refractivity contribution in [2.45, 2.75) is 6.42 Å². The molecular formula is C9H11N5O. The molecule has 0 unspecified atom stereocenters. The molecule has 0 spiro atoms. The van der Waals surface area contributed by atoms with E-state index in [2.05, 4.69) is 25.5 Å². The molecule has 0 aromatic carbocycles. The Hall–Kier alpha value is -2.11. The van der Waals surface area contributed by atoms with Crippen LogP contribution in [0.3, 0.4) is 0 Å². The highest BCUT2D eigenvalue weighted by Crippen LogP contribution is 1.98. The average Bonchev–Trinajstić information content (AvgIpc) is 2.71. The van der Waals surface area contributed by atoms with Crippen molar-refractivity contribution in [3.05, 3.63) is 40.8 Å². The minimum Gasteiger partial charge on any atom is -0.383 e. The van der Waals surface area contributed by atoms with Gasteiger partial charge in [0.15, 0.2) is 0 Å². The van der Waals surface area contributed by atoms with Gasteiger partial charge in [0.05, 0.1) is 11.9 Å². The summed E-state index contributed by atoms with van der Waals surface area (Å²) in [6, 6.07) is 1.47. The van der Waals surface area contributed by atoms with E-state index < -0.39 is 0 Å². The third-order valence-electron chi connectivity index (χ3n) is 1.91. The molecule has 2 aromatic heterocycles. The van der Waals surface area contributed by atoms with Crippen molar-refractivity contribution in [2.75, 3.05) is 11.9 Å². The molecule has 3 N–H and O–H groups in total. The molecule has 0 saturated heterocycles. The average molecular weight is 205 g/mol. The number of imidazole rings is 1.